The largest absolute Gasteiger partial charge is 0.352 e. The summed E-state index contributed by atoms with van der Waals surface area (Å²) in [6.45, 7) is 16.2. The van der Waals surface area contributed by atoms with Crippen LogP contribution in [-0.4, -0.2) is 22.0 Å². The van der Waals surface area contributed by atoms with E-state index in [2.05, 4.69) is 62.2 Å². The van der Waals surface area contributed by atoms with E-state index in [9.17, 15) is 4.79 Å². The van der Waals surface area contributed by atoms with E-state index in [0.29, 0.717) is 12.5 Å². The first-order chi connectivity index (χ1) is 15.1. The van der Waals surface area contributed by atoms with E-state index < -0.39 is 0 Å². The Labute approximate surface area is 197 Å². The second-order valence-electron chi connectivity index (χ2n) is 12.0. The summed E-state index contributed by atoms with van der Waals surface area (Å²) in [5.41, 5.74) is 3.29. The van der Waals surface area contributed by atoms with E-state index in [4.69, 9.17) is 0 Å². The Kier molecular flexibility index (Phi) is 5.24. The van der Waals surface area contributed by atoms with Gasteiger partial charge in [-0.25, -0.2) is 0 Å². The van der Waals surface area contributed by atoms with Gasteiger partial charge in [0.15, 0.2) is 0 Å². The Bertz CT molecular complexity index is 964. The quantitative estimate of drug-likeness (QED) is 0.595. The number of carbonyl (C=O) groups excluding carboxylic acids is 1. The molecule has 32 heavy (non-hydrogen) atoms. The van der Waals surface area contributed by atoms with Gasteiger partial charge in [-0.05, 0) is 84.6 Å². The topological polar surface area (TPSA) is 54.9 Å². The van der Waals surface area contributed by atoms with Crippen LogP contribution in [-0.2, 0) is 16.6 Å². The fraction of sp³-hybridized carbons (Fsp3) is 0.741. The molecule has 2 saturated carbocycles. The van der Waals surface area contributed by atoms with Gasteiger partial charge in [0.05, 0.1) is 10.6 Å². The SMILES string of the molecule is C=CCNC(=O)[C@@H](C)[C@H]1CC[C@H]2[C@@H]3CC=C4C(C)(C)c5nnsc5C[C@]4(C)[C@H]3CC[C@]12C. The van der Waals surface area contributed by atoms with Crippen LogP contribution >= 0.6 is 11.5 Å². The van der Waals surface area contributed by atoms with Crippen LogP contribution in [0, 0.1) is 40.4 Å². The maximum Gasteiger partial charge on any atom is 0.223 e. The molecule has 4 aliphatic carbocycles. The predicted molar refractivity (Wildman–Crippen MR) is 130 cm³/mol. The summed E-state index contributed by atoms with van der Waals surface area (Å²) in [4.78, 5) is 14.2. The van der Waals surface area contributed by atoms with Crippen LogP contribution in [0.15, 0.2) is 24.3 Å². The lowest BCUT2D eigenvalue weighted by Crippen LogP contribution is -2.54. The van der Waals surface area contributed by atoms with Crippen LogP contribution in [0.5, 0.6) is 0 Å². The maximum absolute atomic E-state index is 12.8. The lowest BCUT2D eigenvalue weighted by atomic mass is 9.45. The van der Waals surface area contributed by atoms with Crippen molar-refractivity contribution < 1.29 is 4.79 Å². The standard InChI is InChI=1S/C27H39N3OS/c1-7-14-28-24(31)16(2)18-9-10-19-17-8-11-22-25(3,4)23-21(32-30-29-23)15-27(22,6)20(17)12-13-26(18,19)5/h7,11,16-20H,1,8-10,12-15H2,2-6H3,(H,28,31)/t16-,17-,18+,19-,20-,26+,27+/m0/s1. The Morgan fingerprint density at radius 1 is 1.28 bits per heavy atom. The molecule has 0 saturated heterocycles. The summed E-state index contributed by atoms with van der Waals surface area (Å²) in [6, 6.07) is 0. The van der Waals surface area contributed by atoms with E-state index in [-0.39, 0.29) is 28.1 Å². The highest BCUT2D eigenvalue weighted by Gasteiger charge is 2.61. The zero-order chi connectivity index (χ0) is 22.9. The molecular weight excluding hydrogens is 414 g/mol. The van der Waals surface area contributed by atoms with Crippen molar-refractivity contribution in [2.45, 2.75) is 78.6 Å². The molecule has 5 heteroatoms. The van der Waals surface area contributed by atoms with Gasteiger partial charge in [-0.3, -0.25) is 4.79 Å². The zero-order valence-corrected chi connectivity index (χ0v) is 21.2. The summed E-state index contributed by atoms with van der Waals surface area (Å²) in [5.74, 6) is 2.94. The molecule has 1 amide bonds. The monoisotopic (exact) mass is 453 g/mol. The van der Waals surface area contributed by atoms with Crippen LogP contribution in [0.1, 0.15) is 77.3 Å². The first kappa shape index (κ1) is 22.3. The maximum atomic E-state index is 12.8. The Hall–Kier alpha value is -1.49. The third kappa shape index (κ3) is 2.95. The van der Waals surface area contributed by atoms with E-state index in [1.165, 1.54) is 42.7 Å². The van der Waals surface area contributed by atoms with Crippen molar-refractivity contribution in [1.29, 1.82) is 0 Å². The number of amides is 1. The van der Waals surface area contributed by atoms with Gasteiger partial charge in [0.1, 0.15) is 0 Å². The van der Waals surface area contributed by atoms with E-state index in [1.54, 1.807) is 23.2 Å². The number of allylic oxidation sites excluding steroid dienone is 2. The van der Waals surface area contributed by atoms with Crippen molar-refractivity contribution in [3.05, 3.63) is 34.9 Å². The number of rotatable bonds is 4. The molecule has 1 aromatic heterocycles. The zero-order valence-electron chi connectivity index (χ0n) is 20.4. The number of nitrogens with one attached hydrogen (secondary N) is 1. The second-order valence-corrected chi connectivity index (χ2v) is 12.9. The molecule has 0 bridgehead atoms. The van der Waals surface area contributed by atoms with Crippen molar-refractivity contribution in [3.63, 3.8) is 0 Å². The van der Waals surface area contributed by atoms with Crippen LogP contribution in [0.4, 0.5) is 0 Å². The minimum atomic E-state index is -0.0168. The number of nitrogens with zero attached hydrogens (tertiary/aromatic N) is 2. The molecule has 0 radical (unpaired) electrons. The molecule has 4 nitrogen and oxygen atoms in total. The van der Waals surface area contributed by atoms with Gasteiger partial charge < -0.3 is 5.32 Å². The smallest absolute Gasteiger partial charge is 0.223 e. The molecule has 0 spiro atoms. The molecule has 5 rings (SSSR count). The molecule has 0 aliphatic heterocycles. The third-order valence-corrected chi connectivity index (χ3v) is 11.0. The normalized spacial score (nSPS) is 40.2. The van der Waals surface area contributed by atoms with Crippen molar-refractivity contribution in [2.75, 3.05) is 6.54 Å². The molecule has 1 N–H and O–H groups in total. The Balaban J connectivity index is 1.44. The van der Waals surface area contributed by atoms with E-state index in [1.807, 2.05) is 0 Å². The average Bonchev–Trinajstić information content (AvgIpc) is 3.35. The van der Waals surface area contributed by atoms with E-state index >= 15 is 0 Å². The van der Waals surface area contributed by atoms with Crippen molar-refractivity contribution in [1.82, 2.24) is 14.9 Å². The predicted octanol–water partition coefficient (Wildman–Crippen LogP) is 5.71. The van der Waals surface area contributed by atoms with Crippen LogP contribution < -0.4 is 5.32 Å². The first-order valence-electron chi connectivity index (χ1n) is 12.6. The molecule has 0 aromatic carbocycles. The number of aromatic nitrogens is 2. The minimum Gasteiger partial charge on any atom is -0.352 e. The third-order valence-electron chi connectivity index (χ3n) is 10.3. The van der Waals surface area contributed by atoms with Crippen molar-refractivity contribution in [2.24, 2.45) is 40.4 Å². The first-order valence-corrected chi connectivity index (χ1v) is 13.3. The van der Waals surface area contributed by atoms with Crippen molar-refractivity contribution in [3.8, 4) is 0 Å². The number of hydrogen-bond acceptors (Lipinski definition) is 4. The highest BCUT2D eigenvalue weighted by atomic mass is 32.1. The number of fused-ring (bicyclic) bond motifs is 6. The molecule has 2 fully saturated rings. The molecular formula is C27H39N3OS. The molecule has 1 aromatic rings. The molecule has 7 atom stereocenters. The lowest BCUT2D eigenvalue weighted by molar-refractivity contribution is -0.129. The van der Waals surface area contributed by atoms with Crippen LogP contribution in [0.25, 0.3) is 0 Å². The minimum absolute atomic E-state index is 0.0168. The summed E-state index contributed by atoms with van der Waals surface area (Å²) < 4.78 is 4.34. The van der Waals surface area contributed by atoms with Gasteiger partial charge in [0.25, 0.3) is 0 Å². The lowest BCUT2D eigenvalue weighted by Gasteiger charge is -2.59. The van der Waals surface area contributed by atoms with Gasteiger partial charge in [0, 0.05) is 17.9 Å². The van der Waals surface area contributed by atoms with Gasteiger partial charge in [-0.15, -0.1) is 11.7 Å². The second kappa shape index (κ2) is 7.51. The van der Waals surface area contributed by atoms with Gasteiger partial charge >= 0.3 is 0 Å². The molecule has 0 unspecified atom stereocenters. The van der Waals surface area contributed by atoms with Gasteiger partial charge in [-0.2, -0.15) is 0 Å². The van der Waals surface area contributed by atoms with Gasteiger partial charge in [-0.1, -0.05) is 56.8 Å². The fourth-order valence-corrected chi connectivity index (χ4v) is 9.90. The number of hydrogen-bond donors (Lipinski definition) is 1. The highest BCUT2D eigenvalue weighted by Crippen LogP contribution is 2.68. The summed E-state index contributed by atoms with van der Waals surface area (Å²) in [7, 11) is 0. The van der Waals surface area contributed by atoms with E-state index in [0.717, 1.165) is 24.2 Å². The Morgan fingerprint density at radius 3 is 2.81 bits per heavy atom. The fourth-order valence-electron chi connectivity index (χ4n) is 8.93. The van der Waals surface area contributed by atoms with Crippen LogP contribution in [0.2, 0.25) is 0 Å². The average molecular weight is 454 g/mol. The molecule has 174 valence electrons. The van der Waals surface area contributed by atoms with Crippen molar-refractivity contribution >= 4 is 17.4 Å². The summed E-state index contributed by atoms with van der Waals surface area (Å²) in [5, 5.41) is 7.61. The number of carbonyl (C=O) groups is 1. The van der Waals surface area contributed by atoms with Crippen LogP contribution in [0.3, 0.4) is 0 Å². The Morgan fingerprint density at radius 2 is 2.06 bits per heavy atom. The summed E-state index contributed by atoms with van der Waals surface area (Å²) in [6.07, 6.45) is 11.7. The molecule has 4 aliphatic rings. The molecule has 1 heterocycles. The van der Waals surface area contributed by atoms with Gasteiger partial charge in [0.2, 0.25) is 5.91 Å². The summed E-state index contributed by atoms with van der Waals surface area (Å²) >= 11 is 1.61. The highest BCUT2D eigenvalue weighted by molar-refractivity contribution is 7.05.